The number of halogens is 2. The lowest BCUT2D eigenvalue weighted by molar-refractivity contribution is -0.148. The minimum absolute atomic E-state index is 0.233. The van der Waals surface area contributed by atoms with Crippen molar-refractivity contribution in [3.8, 4) is 0 Å². The molecule has 1 aliphatic heterocycles. The number of hydrogen-bond acceptors (Lipinski definition) is 3. The fourth-order valence-corrected chi connectivity index (χ4v) is 3.21. The van der Waals surface area contributed by atoms with Gasteiger partial charge in [0.05, 0.1) is 13.2 Å². The third kappa shape index (κ3) is 7.83. The summed E-state index contributed by atoms with van der Waals surface area (Å²) in [4.78, 5) is 24.3. The Kier molecular flexibility index (Phi) is 10.4. The number of unbranched alkanes of at least 4 members (excludes halogenated alkanes) is 7. The number of alkyl halides is 2. The van der Waals surface area contributed by atoms with Crippen LogP contribution in [-0.4, -0.2) is 42.4 Å². The zero-order chi connectivity index (χ0) is 19.4. The van der Waals surface area contributed by atoms with E-state index >= 15 is 0 Å². The second kappa shape index (κ2) is 12.0. The smallest absolute Gasteiger partial charge is 0.327 e. The van der Waals surface area contributed by atoms with Crippen LogP contribution in [0.1, 0.15) is 77.6 Å². The van der Waals surface area contributed by atoms with Crippen LogP contribution in [0.25, 0.3) is 0 Å². The Morgan fingerprint density at radius 3 is 2.58 bits per heavy atom. The Hall–Kier alpha value is -1.46. The molecule has 0 saturated carbocycles. The van der Waals surface area contributed by atoms with Gasteiger partial charge in [0.25, 0.3) is 5.91 Å². The lowest BCUT2D eigenvalue weighted by Crippen LogP contribution is -2.36. The molecule has 0 aromatic rings. The predicted molar refractivity (Wildman–Crippen MR) is 98.1 cm³/mol. The van der Waals surface area contributed by atoms with E-state index < -0.39 is 24.3 Å². The molecule has 26 heavy (non-hydrogen) atoms. The van der Waals surface area contributed by atoms with Gasteiger partial charge in [0.15, 0.2) is 0 Å². The summed E-state index contributed by atoms with van der Waals surface area (Å²) in [6, 6.07) is -0.501. The number of allylic oxidation sites excluding steroid dienone is 1. The van der Waals surface area contributed by atoms with Crippen LogP contribution in [0.5, 0.6) is 0 Å². The van der Waals surface area contributed by atoms with Crippen LogP contribution in [0.3, 0.4) is 0 Å². The highest BCUT2D eigenvalue weighted by molar-refractivity contribution is 5.86. The third-order valence-electron chi connectivity index (χ3n) is 4.78. The van der Waals surface area contributed by atoms with Crippen LogP contribution in [-0.2, 0) is 14.3 Å². The zero-order valence-corrected chi connectivity index (χ0v) is 16.1. The number of amides is 1. The Morgan fingerprint density at radius 2 is 1.88 bits per heavy atom. The number of likely N-dealkylation sites (tertiary alicyclic amines) is 1. The summed E-state index contributed by atoms with van der Waals surface area (Å²) in [5.41, 5.74) is 0. The highest BCUT2D eigenvalue weighted by Gasteiger charge is 2.52. The van der Waals surface area contributed by atoms with Gasteiger partial charge in [0, 0.05) is 19.4 Å². The molecule has 4 nitrogen and oxygen atoms in total. The summed E-state index contributed by atoms with van der Waals surface area (Å²) in [7, 11) is 1.36. The quantitative estimate of drug-likeness (QED) is 0.263. The number of carbonyl (C=O) groups is 2. The molecular weight excluding hydrogens is 340 g/mol. The molecule has 1 heterocycles. The van der Waals surface area contributed by atoms with Gasteiger partial charge in [0.1, 0.15) is 0 Å². The van der Waals surface area contributed by atoms with Crippen LogP contribution >= 0.6 is 0 Å². The van der Waals surface area contributed by atoms with Gasteiger partial charge in [-0.25, -0.2) is 0 Å². The van der Waals surface area contributed by atoms with E-state index in [4.69, 9.17) is 0 Å². The lowest BCUT2D eigenvalue weighted by atomic mass is 10.1. The van der Waals surface area contributed by atoms with Crippen molar-refractivity contribution in [2.75, 3.05) is 13.7 Å². The van der Waals surface area contributed by atoms with E-state index in [1.807, 2.05) is 6.08 Å². The molecule has 0 spiro atoms. The molecule has 0 bridgehead atoms. The first-order chi connectivity index (χ1) is 12.4. The first-order valence-corrected chi connectivity index (χ1v) is 9.84. The average Bonchev–Trinajstić information content (AvgIpc) is 2.83. The number of rotatable bonds is 13. The molecule has 0 N–H and O–H groups in total. The molecule has 6 heteroatoms. The molecule has 1 rings (SSSR count). The normalized spacial score (nSPS) is 19.5. The molecule has 0 aliphatic carbocycles. The monoisotopic (exact) mass is 373 g/mol. The topological polar surface area (TPSA) is 46.6 Å². The van der Waals surface area contributed by atoms with Crippen LogP contribution in [0.2, 0.25) is 0 Å². The van der Waals surface area contributed by atoms with Crippen molar-refractivity contribution in [1.29, 1.82) is 0 Å². The lowest BCUT2D eigenvalue weighted by Gasteiger charge is -2.21. The first kappa shape index (κ1) is 22.6. The van der Waals surface area contributed by atoms with Crippen LogP contribution in [0.4, 0.5) is 8.78 Å². The number of hydrogen-bond donors (Lipinski definition) is 0. The highest BCUT2D eigenvalue weighted by Crippen LogP contribution is 2.34. The number of methoxy groups -OCH3 is 1. The van der Waals surface area contributed by atoms with E-state index in [9.17, 15) is 18.4 Å². The number of ether oxygens (including phenoxy) is 1. The molecule has 1 atom stereocenters. The highest BCUT2D eigenvalue weighted by atomic mass is 19.3. The second-order valence-corrected chi connectivity index (χ2v) is 6.99. The maximum atomic E-state index is 13.8. The van der Waals surface area contributed by atoms with Crippen molar-refractivity contribution < 1.29 is 23.1 Å². The van der Waals surface area contributed by atoms with Crippen molar-refractivity contribution in [2.45, 2.75) is 89.5 Å². The maximum absolute atomic E-state index is 13.8. The van der Waals surface area contributed by atoms with Gasteiger partial charge in [-0.2, -0.15) is 8.78 Å². The van der Waals surface area contributed by atoms with E-state index in [1.165, 1.54) is 24.9 Å². The molecular formula is C20H33F2NO3. The molecule has 0 radical (unpaired) electrons. The van der Waals surface area contributed by atoms with E-state index in [1.54, 1.807) is 6.08 Å². The number of esters is 1. The van der Waals surface area contributed by atoms with E-state index in [-0.39, 0.29) is 5.97 Å². The molecule has 1 unspecified atom stereocenters. The molecule has 1 amide bonds. The molecule has 150 valence electrons. The third-order valence-corrected chi connectivity index (χ3v) is 4.78. The minimum atomic E-state index is -3.25. The summed E-state index contributed by atoms with van der Waals surface area (Å²) in [5.74, 6) is -4.53. The predicted octanol–water partition coefficient (Wildman–Crippen LogP) is 4.87. The van der Waals surface area contributed by atoms with Gasteiger partial charge in [-0.1, -0.05) is 51.2 Å². The van der Waals surface area contributed by atoms with Gasteiger partial charge in [-0.05, 0) is 25.7 Å². The summed E-state index contributed by atoms with van der Waals surface area (Å²) in [6.45, 7) is 2.49. The van der Waals surface area contributed by atoms with Crippen LogP contribution in [0.15, 0.2) is 12.2 Å². The molecule has 1 aliphatic rings. The van der Waals surface area contributed by atoms with Crippen molar-refractivity contribution in [2.24, 2.45) is 0 Å². The number of nitrogens with zero attached hydrogens (tertiary/aromatic N) is 1. The van der Waals surface area contributed by atoms with Gasteiger partial charge in [-0.15, -0.1) is 0 Å². The van der Waals surface area contributed by atoms with Crippen molar-refractivity contribution in [3.05, 3.63) is 12.2 Å². The molecule has 0 aromatic heterocycles. The van der Waals surface area contributed by atoms with E-state index in [2.05, 4.69) is 11.7 Å². The standard InChI is InChI=1S/C20H33F2NO3/c1-3-4-5-6-7-10-13-17-16-20(21,22)19(25)23(17)15-12-9-8-11-14-18(24)26-2/h10,13,17H,3-9,11-12,14-16H2,1-2H3/b13-10+. The number of carbonyl (C=O) groups excluding carboxylic acids is 2. The first-order valence-electron chi connectivity index (χ1n) is 9.84. The Bertz CT molecular complexity index is 466. The SMILES string of the molecule is CCCCCC/C=C/C1CC(F)(F)C(=O)N1CCCCCCC(=O)OC. The molecule has 0 aromatic carbocycles. The summed E-state index contributed by atoms with van der Waals surface area (Å²) in [5, 5.41) is 0. The summed E-state index contributed by atoms with van der Waals surface area (Å²) < 4.78 is 32.2. The fraction of sp³-hybridized carbons (Fsp3) is 0.800. The van der Waals surface area contributed by atoms with Crippen molar-refractivity contribution in [3.63, 3.8) is 0 Å². The van der Waals surface area contributed by atoms with Crippen LogP contribution in [0, 0.1) is 0 Å². The average molecular weight is 373 g/mol. The van der Waals surface area contributed by atoms with E-state index in [0.29, 0.717) is 19.4 Å². The molecule has 1 saturated heterocycles. The Balaban J connectivity index is 2.37. The summed E-state index contributed by atoms with van der Waals surface area (Å²) in [6.07, 6.45) is 12.1. The fourth-order valence-electron chi connectivity index (χ4n) is 3.21. The van der Waals surface area contributed by atoms with Gasteiger partial charge in [-0.3, -0.25) is 9.59 Å². The largest absolute Gasteiger partial charge is 0.469 e. The summed E-state index contributed by atoms with van der Waals surface area (Å²) >= 11 is 0. The van der Waals surface area contributed by atoms with Crippen molar-refractivity contribution >= 4 is 11.9 Å². The van der Waals surface area contributed by atoms with Crippen LogP contribution < -0.4 is 0 Å². The van der Waals surface area contributed by atoms with Gasteiger partial charge in [0.2, 0.25) is 0 Å². The van der Waals surface area contributed by atoms with Gasteiger partial charge >= 0.3 is 11.9 Å². The van der Waals surface area contributed by atoms with Crippen molar-refractivity contribution in [1.82, 2.24) is 4.90 Å². The van der Waals surface area contributed by atoms with Gasteiger partial charge < -0.3 is 9.64 Å². The maximum Gasteiger partial charge on any atom is 0.327 e. The van der Waals surface area contributed by atoms with E-state index in [0.717, 1.165) is 38.5 Å². The molecule has 1 fully saturated rings. The Labute approximate surface area is 156 Å². The zero-order valence-electron chi connectivity index (χ0n) is 16.1. The second-order valence-electron chi connectivity index (χ2n) is 6.99. The Morgan fingerprint density at radius 1 is 1.19 bits per heavy atom. The minimum Gasteiger partial charge on any atom is -0.469 e.